The molecule has 4 rings (SSSR count). The van der Waals surface area contributed by atoms with Gasteiger partial charge in [-0.15, -0.1) is 0 Å². The molecule has 106 valence electrons. The highest BCUT2D eigenvalue weighted by molar-refractivity contribution is 9.10. The minimum atomic E-state index is 0.559. The maximum absolute atomic E-state index is 5.90. The van der Waals surface area contributed by atoms with Crippen LogP contribution < -0.4 is 14.4 Å². The first-order valence-electron chi connectivity index (χ1n) is 6.91. The fourth-order valence-corrected chi connectivity index (χ4v) is 3.01. The Morgan fingerprint density at radius 2 is 1.90 bits per heavy atom. The number of anilines is 1. The van der Waals surface area contributed by atoms with E-state index in [0.717, 1.165) is 40.2 Å². The lowest BCUT2D eigenvalue weighted by molar-refractivity contribution is 0.284. The van der Waals surface area contributed by atoms with Gasteiger partial charge in [0.25, 0.3) is 0 Å². The molecule has 0 aromatic heterocycles. The molecule has 2 aromatic carbocycles. The molecular weight excluding hydrogens is 330 g/mol. The predicted molar refractivity (Wildman–Crippen MR) is 85.7 cm³/mol. The molecule has 4 heteroatoms. The Bertz CT molecular complexity index is 709. The summed E-state index contributed by atoms with van der Waals surface area (Å²) in [6.45, 7) is 1.36. The lowest BCUT2D eigenvalue weighted by Crippen LogP contribution is -2.32. The van der Waals surface area contributed by atoms with Gasteiger partial charge in [-0.1, -0.05) is 22.0 Å². The minimum Gasteiger partial charge on any atom is -0.473 e. The summed E-state index contributed by atoms with van der Waals surface area (Å²) in [5.74, 6) is 1.88. The summed E-state index contributed by atoms with van der Waals surface area (Å²) in [6.07, 6.45) is 4.72. The molecule has 0 unspecified atom stereocenters. The number of allylic oxidation sites excluding steroid dienone is 1. The lowest BCUT2D eigenvalue weighted by atomic mass is 10.0. The number of benzene rings is 2. The Labute approximate surface area is 131 Å². The molecule has 2 aliphatic rings. The van der Waals surface area contributed by atoms with Crippen LogP contribution in [-0.2, 0) is 13.0 Å². The maximum atomic E-state index is 5.90. The topological polar surface area (TPSA) is 21.7 Å². The van der Waals surface area contributed by atoms with Crippen LogP contribution >= 0.6 is 15.9 Å². The van der Waals surface area contributed by atoms with Gasteiger partial charge < -0.3 is 14.4 Å². The van der Waals surface area contributed by atoms with Crippen LogP contribution in [0.4, 0.5) is 5.69 Å². The standard InChI is InChI=1S/C17H14BrNO2/c18-13-4-6-14(7-5-13)19-10-15-16(21-11-19)8-3-12-2-1-9-20-17(12)15/h1,3-9H,2,10-11H2. The largest absolute Gasteiger partial charge is 0.473 e. The smallest absolute Gasteiger partial charge is 0.161 e. The SMILES string of the molecule is Brc1ccc(N2COc3ccc4c(c3C2)OC=CC4)cc1. The Hall–Kier alpha value is -1.94. The second-order valence-corrected chi connectivity index (χ2v) is 6.09. The van der Waals surface area contributed by atoms with Crippen molar-refractivity contribution in [3.63, 3.8) is 0 Å². The molecular formula is C17H14BrNO2. The zero-order chi connectivity index (χ0) is 14.2. The van der Waals surface area contributed by atoms with Crippen LogP contribution in [0.2, 0.25) is 0 Å². The first-order valence-corrected chi connectivity index (χ1v) is 7.70. The molecule has 0 saturated heterocycles. The van der Waals surface area contributed by atoms with Crippen LogP contribution in [0.3, 0.4) is 0 Å². The van der Waals surface area contributed by atoms with E-state index in [2.05, 4.69) is 45.1 Å². The lowest BCUT2D eigenvalue weighted by Gasteiger charge is -2.32. The molecule has 2 heterocycles. The molecule has 0 aliphatic carbocycles. The van der Waals surface area contributed by atoms with Crippen molar-refractivity contribution >= 4 is 21.6 Å². The first-order chi connectivity index (χ1) is 10.3. The quantitative estimate of drug-likeness (QED) is 0.772. The second-order valence-electron chi connectivity index (χ2n) is 5.17. The van der Waals surface area contributed by atoms with Gasteiger partial charge in [0.15, 0.2) is 6.73 Å². The zero-order valence-electron chi connectivity index (χ0n) is 11.4. The average molecular weight is 344 g/mol. The molecule has 0 spiro atoms. The maximum Gasteiger partial charge on any atom is 0.161 e. The van der Waals surface area contributed by atoms with E-state index < -0.39 is 0 Å². The van der Waals surface area contributed by atoms with E-state index in [1.807, 2.05) is 18.2 Å². The molecule has 0 bridgehead atoms. The van der Waals surface area contributed by atoms with Gasteiger partial charge in [0.1, 0.15) is 11.5 Å². The molecule has 21 heavy (non-hydrogen) atoms. The van der Waals surface area contributed by atoms with Crippen LogP contribution in [0.1, 0.15) is 11.1 Å². The summed E-state index contributed by atoms with van der Waals surface area (Å²) in [6, 6.07) is 12.4. The third-order valence-electron chi connectivity index (χ3n) is 3.84. The van der Waals surface area contributed by atoms with Crippen molar-refractivity contribution in [3.05, 3.63) is 64.3 Å². The Kier molecular flexibility index (Phi) is 3.11. The first kappa shape index (κ1) is 12.8. The third-order valence-corrected chi connectivity index (χ3v) is 4.36. The molecule has 0 N–H and O–H groups in total. The van der Waals surface area contributed by atoms with Gasteiger partial charge in [-0.2, -0.15) is 0 Å². The van der Waals surface area contributed by atoms with Gasteiger partial charge in [0, 0.05) is 10.2 Å². The predicted octanol–water partition coefficient (Wildman–Crippen LogP) is 4.25. The Balaban J connectivity index is 1.69. The summed E-state index contributed by atoms with van der Waals surface area (Å²) in [5, 5.41) is 0. The van der Waals surface area contributed by atoms with E-state index in [4.69, 9.17) is 9.47 Å². The summed E-state index contributed by atoms with van der Waals surface area (Å²) in [4.78, 5) is 2.21. The van der Waals surface area contributed by atoms with E-state index in [0.29, 0.717) is 6.73 Å². The Morgan fingerprint density at radius 3 is 2.76 bits per heavy atom. The molecule has 2 aliphatic heterocycles. The van der Waals surface area contributed by atoms with Gasteiger partial charge in [-0.05, 0) is 48.4 Å². The van der Waals surface area contributed by atoms with Gasteiger partial charge >= 0.3 is 0 Å². The third kappa shape index (κ3) is 2.29. The number of fused-ring (bicyclic) bond motifs is 3. The van der Waals surface area contributed by atoms with Gasteiger partial charge in [-0.3, -0.25) is 0 Å². The average Bonchev–Trinajstić information content (AvgIpc) is 2.55. The van der Waals surface area contributed by atoms with Gasteiger partial charge in [0.05, 0.1) is 18.4 Å². The molecule has 0 saturated carbocycles. The fourth-order valence-electron chi connectivity index (χ4n) is 2.74. The number of nitrogens with zero attached hydrogens (tertiary/aromatic N) is 1. The number of halogens is 1. The number of ether oxygens (including phenoxy) is 2. The van der Waals surface area contributed by atoms with Crippen molar-refractivity contribution in [2.45, 2.75) is 13.0 Å². The Morgan fingerprint density at radius 1 is 1.05 bits per heavy atom. The van der Waals surface area contributed by atoms with Crippen LogP contribution in [0, 0.1) is 0 Å². The highest BCUT2D eigenvalue weighted by atomic mass is 79.9. The van der Waals surface area contributed by atoms with Crippen LogP contribution in [0.15, 0.2) is 53.2 Å². The van der Waals surface area contributed by atoms with Gasteiger partial charge in [-0.25, -0.2) is 0 Å². The number of hydrogen-bond acceptors (Lipinski definition) is 3. The molecule has 3 nitrogen and oxygen atoms in total. The van der Waals surface area contributed by atoms with Crippen LogP contribution in [-0.4, -0.2) is 6.73 Å². The van der Waals surface area contributed by atoms with E-state index in [9.17, 15) is 0 Å². The van der Waals surface area contributed by atoms with E-state index in [1.54, 1.807) is 6.26 Å². The molecule has 0 radical (unpaired) electrons. The van der Waals surface area contributed by atoms with Crippen molar-refractivity contribution in [1.29, 1.82) is 0 Å². The van der Waals surface area contributed by atoms with E-state index in [-0.39, 0.29) is 0 Å². The van der Waals surface area contributed by atoms with Crippen molar-refractivity contribution in [3.8, 4) is 11.5 Å². The fraction of sp³-hybridized carbons (Fsp3) is 0.176. The monoisotopic (exact) mass is 343 g/mol. The minimum absolute atomic E-state index is 0.559. The normalized spacial score (nSPS) is 15.8. The highest BCUT2D eigenvalue weighted by Gasteiger charge is 2.24. The zero-order valence-corrected chi connectivity index (χ0v) is 13.0. The summed E-state index contributed by atoms with van der Waals surface area (Å²) >= 11 is 3.47. The van der Waals surface area contributed by atoms with Crippen molar-refractivity contribution in [1.82, 2.24) is 0 Å². The van der Waals surface area contributed by atoms with Crippen LogP contribution in [0.25, 0.3) is 0 Å². The molecule has 0 atom stereocenters. The summed E-state index contributed by atoms with van der Waals surface area (Å²) in [7, 11) is 0. The van der Waals surface area contributed by atoms with Crippen molar-refractivity contribution in [2.24, 2.45) is 0 Å². The molecule has 0 amide bonds. The van der Waals surface area contributed by atoms with Crippen LogP contribution in [0.5, 0.6) is 11.5 Å². The van der Waals surface area contributed by atoms with Crippen molar-refractivity contribution in [2.75, 3.05) is 11.6 Å². The number of rotatable bonds is 1. The molecule has 0 fully saturated rings. The van der Waals surface area contributed by atoms with Gasteiger partial charge in [0.2, 0.25) is 0 Å². The summed E-state index contributed by atoms with van der Waals surface area (Å²) < 4.78 is 12.7. The van der Waals surface area contributed by atoms with Crippen molar-refractivity contribution < 1.29 is 9.47 Å². The summed E-state index contributed by atoms with van der Waals surface area (Å²) in [5.41, 5.74) is 3.50. The second kappa shape index (κ2) is 5.11. The van der Waals surface area contributed by atoms with E-state index in [1.165, 1.54) is 5.56 Å². The molecule has 2 aromatic rings. The number of hydrogen-bond donors (Lipinski definition) is 0. The van der Waals surface area contributed by atoms with E-state index >= 15 is 0 Å². The highest BCUT2D eigenvalue weighted by Crippen LogP contribution is 2.39.